The van der Waals surface area contributed by atoms with Gasteiger partial charge in [0.1, 0.15) is 5.82 Å². The molecule has 1 atom stereocenters. The van der Waals surface area contributed by atoms with Crippen LogP contribution in [0.5, 0.6) is 0 Å². The summed E-state index contributed by atoms with van der Waals surface area (Å²) < 4.78 is 43.2. The fraction of sp³-hybridized carbons (Fsp3) is 0.615. The third kappa shape index (κ3) is 3.76. The van der Waals surface area contributed by atoms with Gasteiger partial charge in [0.25, 0.3) is 0 Å². The van der Waals surface area contributed by atoms with E-state index >= 15 is 0 Å². The minimum atomic E-state index is -4.43. The molecular weight excluding hydrogens is 293 g/mol. The molecule has 0 aromatic carbocycles. The molecule has 1 aliphatic heterocycles. The van der Waals surface area contributed by atoms with E-state index in [9.17, 15) is 13.2 Å². The van der Waals surface area contributed by atoms with Gasteiger partial charge < -0.3 is 10.1 Å². The fourth-order valence-corrected chi connectivity index (χ4v) is 2.47. The molecule has 3 nitrogen and oxygen atoms in total. The van der Waals surface area contributed by atoms with E-state index in [1.807, 2.05) is 13.8 Å². The lowest BCUT2D eigenvalue weighted by Crippen LogP contribution is -2.40. The molecule has 112 valence electrons. The zero-order valence-electron chi connectivity index (χ0n) is 11.2. The van der Waals surface area contributed by atoms with Gasteiger partial charge in [0, 0.05) is 18.8 Å². The Morgan fingerprint density at radius 2 is 2.15 bits per heavy atom. The van der Waals surface area contributed by atoms with Crippen LogP contribution in [0.3, 0.4) is 0 Å². The quantitative estimate of drug-likeness (QED) is 0.892. The van der Waals surface area contributed by atoms with Gasteiger partial charge in [-0.1, -0.05) is 11.6 Å². The molecule has 7 heteroatoms. The van der Waals surface area contributed by atoms with E-state index in [0.717, 1.165) is 25.1 Å². The maximum Gasteiger partial charge on any atom is 0.417 e. The number of ether oxygens (including phenoxy) is 1. The van der Waals surface area contributed by atoms with E-state index in [1.54, 1.807) is 0 Å². The molecule has 0 amide bonds. The molecule has 1 unspecified atom stereocenters. The number of hydrogen-bond acceptors (Lipinski definition) is 3. The Morgan fingerprint density at radius 3 is 2.70 bits per heavy atom. The average molecular weight is 309 g/mol. The standard InChI is InChI=1S/C13H16ClF3N2O/c1-12(2)6-9(3-4-20-12)19-11-10(14)5-8(7-18-11)13(15,16)17/h5,7,9H,3-4,6H2,1-2H3,(H,18,19). The molecule has 0 spiro atoms. The Labute approximate surface area is 120 Å². The van der Waals surface area contributed by atoms with Crippen LogP contribution in [0.25, 0.3) is 0 Å². The number of nitrogens with one attached hydrogen (secondary N) is 1. The lowest BCUT2D eigenvalue weighted by molar-refractivity contribution is -0.137. The number of alkyl halides is 3. The molecular formula is C13H16ClF3N2O. The molecule has 1 fully saturated rings. The summed E-state index contributed by atoms with van der Waals surface area (Å²) in [7, 11) is 0. The third-order valence-corrected chi connectivity index (χ3v) is 3.49. The highest BCUT2D eigenvalue weighted by Gasteiger charge is 2.32. The molecule has 2 heterocycles. The molecule has 2 rings (SSSR count). The van der Waals surface area contributed by atoms with Crippen molar-refractivity contribution in [2.24, 2.45) is 0 Å². The van der Waals surface area contributed by atoms with Crippen LogP contribution in [0.1, 0.15) is 32.3 Å². The van der Waals surface area contributed by atoms with Gasteiger partial charge in [0.15, 0.2) is 0 Å². The van der Waals surface area contributed by atoms with Crippen molar-refractivity contribution in [3.8, 4) is 0 Å². The number of anilines is 1. The van der Waals surface area contributed by atoms with Gasteiger partial charge in [-0.2, -0.15) is 13.2 Å². The molecule has 0 aliphatic carbocycles. The summed E-state index contributed by atoms with van der Waals surface area (Å²) >= 11 is 5.87. The van der Waals surface area contributed by atoms with Crippen molar-refractivity contribution in [1.82, 2.24) is 4.98 Å². The number of halogens is 4. The monoisotopic (exact) mass is 308 g/mol. The van der Waals surface area contributed by atoms with Crippen molar-refractivity contribution >= 4 is 17.4 Å². The van der Waals surface area contributed by atoms with Crippen molar-refractivity contribution in [2.75, 3.05) is 11.9 Å². The number of aromatic nitrogens is 1. The molecule has 20 heavy (non-hydrogen) atoms. The van der Waals surface area contributed by atoms with Crippen LogP contribution in [0.15, 0.2) is 12.3 Å². The normalized spacial score (nSPS) is 22.6. The van der Waals surface area contributed by atoms with E-state index in [0.29, 0.717) is 6.61 Å². The second-order valence-electron chi connectivity index (χ2n) is 5.49. The predicted molar refractivity (Wildman–Crippen MR) is 70.9 cm³/mol. The number of pyridine rings is 1. The van der Waals surface area contributed by atoms with E-state index in [-0.39, 0.29) is 22.5 Å². The highest BCUT2D eigenvalue weighted by molar-refractivity contribution is 6.33. The zero-order chi connectivity index (χ0) is 15.0. The molecule has 0 saturated carbocycles. The summed E-state index contributed by atoms with van der Waals surface area (Å²) in [5.41, 5.74) is -1.10. The molecule has 1 N–H and O–H groups in total. The molecule has 1 aromatic rings. The van der Waals surface area contributed by atoms with Crippen LogP contribution in [0.4, 0.5) is 19.0 Å². The predicted octanol–water partition coefficient (Wildman–Crippen LogP) is 4.12. The lowest BCUT2D eigenvalue weighted by atomic mass is 9.94. The van der Waals surface area contributed by atoms with Gasteiger partial charge >= 0.3 is 6.18 Å². The molecule has 1 aliphatic rings. The van der Waals surface area contributed by atoms with Crippen molar-refractivity contribution in [2.45, 2.75) is 44.5 Å². The van der Waals surface area contributed by atoms with Gasteiger partial charge in [0.2, 0.25) is 0 Å². The highest BCUT2D eigenvalue weighted by Crippen LogP contribution is 2.33. The van der Waals surface area contributed by atoms with Gasteiger partial charge in [0.05, 0.1) is 16.2 Å². The van der Waals surface area contributed by atoms with Crippen LogP contribution >= 0.6 is 11.6 Å². The Bertz CT molecular complexity index is 491. The van der Waals surface area contributed by atoms with Crippen molar-refractivity contribution in [3.05, 3.63) is 22.8 Å². The average Bonchev–Trinajstić information content (AvgIpc) is 2.29. The largest absolute Gasteiger partial charge is 0.417 e. The molecule has 1 aromatic heterocycles. The van der Waals surface area contributed by atoms with Gasteiger partial charge in [-0.05, 0) is 32.8 Å². The first-order valence-corrected chi connectivity index (χ1v) is 6.68. The molecule has 1 saturated heterocycles. The maximum atomic E-state index is 12.5. The van der Waals surface area contributed by atoms with Gasteiger partial charge in [-0.15, -0.1) is 0 Å². The maximum absolute atomic E-state index is 12.5. The Morgan fingerprint density at radius 1 is 1.45 bits per heavy atom. The van der Waals surface area contributed by atoms with E-state index in [1.165, 1.54) is 0 Å². The first-order valence-electron chi connectivity index (χ1n) is 6.31. The van der Waals surface area contributed by atoms with E-state index in [2.05, 4.69) is 10.3 Å². The zero-order valence-corrected chi connectivity index (χ0v) is 12.0. The highest BCUT2D eigenvalue weighted by atomic mass is 35.5. The SMILES string of the molecule is CC1(C)CC(Nc2ncc(C(F)(F)F)cc2Cl)CCO1. The number of hydrogen-bond donors (Lipinski definition) is 1. The summed E-state index contributed by atoms with van der Waals surface area (Å²) in [5.74, 6) is 0.280. The van der Waals surface area contributed by atoms with Crippen LogP contribution in [0.2, 0.25) is 5.02 Å². The van der Waals surface area contributed by atoms with Crippen LogP contribution < -0.4 is 5.32 Å². The summed E-state index contributed by atoms with van der Waals surface area (Å²) in [5, 5.41) is 3.07. The van der Waals surface area contributed by atoms with Crippen LogP contribution in [-0.2, 0) is 10.9 Å². The Hall–Kier alpha value is -1.01. The lowest BCUT2D eigenvalue weighted by Gasteiger charge is -2.36. The van der Waals surface area contributed by atoms with Crippen LogP contribution in [-0.4, -0.2) is 23.2 Å². The smallest absolute Gasteiger partial charge is 0.375 e. The van der Waals surface area contributed by atoms with E-state index in [4.69, 9.17) is 16.3 Å². The minimum Gasteiger partial charge on any atom is -0.375 e. The topological polar surface area (TPSA) is 34.2 Å². The second-order valence-corrected chi connectivity index (χ2v) is 5.90. The Balaban J connectivity index is 2.10. The minimum absolute atomic E-state index is 0.0240. The molecule has 0 bridgehead atoms. The Kier molecular flexibility index (Phi) is 4.16. The first kappa shape index (κ1) is 15.4. The second kappa shape index (κ2) is 5.41. The van der Waals surface area contributed by atoms with Crippen molar-refractivity contribution in [3.63, 3.8) is 0 Å². The number of nitrogens with zero attached hydrogens (tertiary/aromatic N) is 1. The number of rotatable bonds is 2. The molecule has 0 radical (unpaired) electrons. The van der Waals surface area contributed by atoms with Crippen LogP contribution in [0, 0.1) is 0 Å². The third-order valence-electron chi connectivity index (χ3n) is 3.21. The summed E-state index contributed by atoms with van der Waals surface area (Å²) in [4.78, 5) is 3.78. The van der Waals surface area contributed by atoms with Gasteiger partial charge in [-0.3, -0.25) is 0 Å². The summed E-state index contributed by atoms with van der Waals surface area (Å²) in [6.45, 7) is 4.55. The first-order chi connectivity index (χ1) is 9.17. The van der Waals surface area contributed by atoms with Crippen molar-refractivity contribution < 1.29 is 17.9 Å². The summed E-state index contributed by atoms with van der Waals surface area (Å²) in [6, 6.07) is 0.974. The van der Waals surface area contributed by atoms with Crippen molar-refractivity contribution in [1.29, 1.82) is 0 Å². The fourth-order valence-electron chi connectivity index (χ4n) is 2.25. The summed E-state index contributed by atoms with van der Waals surface area (Å²) in [6.07, 6.45) is -2.14. The van der Waals surface area contributed by atoms with Gasteiger partial charge in [-0.25, -0.2) is 4.98 Å². The van der Waals surface area contributed by atoms with E-state index < -0.39 is 11.7 Å².